The predicted molar refractivity (Wildman–Crippen MR) is 71.6 cm³/mol. The number of nitrogens with one attached hydrogen (secondary N) is 1. The fourth-order valence-electron chi connectivity index (χ4n) is 2.04. The van der Waals surface area contributed by atoms with E-state index in [9.17, 15) is 17.6 Å². The lowest BCUT2D eigenvalue weighted by Crippen LogP contribution is -2.48. The SMILES string of the molecule is CC(C)(C)OC(=O)N[C@H]1CCC(OS(C)(=O)=O)C[C@@H]1F. The molecule has 1 unspecified atom stereocenters. The van der Waals surface area contributed by atoms with Crippen LogP contribution in [0.5, 0.6) is 0 Å². The van der Waals surface area contributed by atoms with Crippen LogP contribution in [0.3, 0.4) is 0 Å². The Kier molecular flexibility index (Phi) is 5.37. The molecule has 1 amide bonds. The topological polar surface area (TPSA) is 81.7 Å². The van der Waals surface area contributed by atoms with Crippen LogP contribution in [0.25, 0.3) is 0 Å². The van der Waals surface area contributed by atoms with Crippen LogP contribution in [0.1, 0.15) is 40.0 Å². The Morgan fingerprint density at radius 1 is 1.30 bits per heavy atom. The minimum Gasteiger partial charge on any atom is -0.444 e. The van der Waals surface area contributed by atoms with Gasteiger partial charge in [0, 0.05) is 6.42 Å². The maximum absolute atomic E-state index is 13.9. The van der Waals surface area contributed by atoms with Gasteiger partial charge in [-0.25, -0.2) is 9.18 Å². The third kappa shape index (κ3) is 6.51. The zero-order valence-electron chi connectivity index (χ0n) is 12.2. The first-order valence-electron chi connectivity index (χ1n) is 6.48. The highest BCUT2D eigenvalue weighted by Crippen LogP contribution is 2.25. The zero-order chi connectivity index (χ0) is 15.6. The molecule has 1 aliphatic carbocycles. The molecular formula is C12H22FNO5S. The largest absolute Gasteiger partial charge is 0.444 e. The quantitative estimate of drug-likeness (QED) is 0.803. The van der Waals surface area contributed by atoms with Gasteiger partial charge in [0.05, 0.1) is 18.4 Å². The van der Waals surface area contributed by atoms with Gasteiger partial charge in [0.25, 0.3) is 10.1 Å². The lowest BCUT2D eigenvalue weighted by molar-refractivity contribution is 0.0374. The van der Waals surface area contributed by atoms with Gasteiger partial charge in [-0.05, 0) is 33.6 Å². The average molecular weight is 311 g/mol. The van der Waals surface area contributed by atoms with Crippen LogP contribution in [-0.4, -0.2) is 44.7 Å². The van der Waals surface area contributed by atoms with E-state index < -0.39 is 40.1 Å². The van der Waals surface area contributed by atoms with Gasteiger partial charge in [-0.1, -0.05) is 0 Å². The molecule has 0 bridgehead atoms. The second-order valence-electron chi connectivity index (χ2n) is 6.00. The van der Waals surface area contributed by atoms with Crippen LogP contribution in [0, 0.1) is 0 Å². The molecule has 0 aromatic rings. The fourth-order valence-corrected chi connectivity index (χ4v) is 2.70. The summed E-state index contributed by atoms with van der Waals surface area (Å²) in [5.41, 5.74) is -0.646. The minimum atomic E-state index is -3.59. The van der Waals surface area contributed by atoms with Crippen LogP contribution in [0.15, 0.2) is 0 Å². The number of alkyl halides is 1. The number of hydrogen-bond acceptors (Lipinski definition) is 5. The van der Waals surface area contributed by atoms with Crippen molar-refractivity contribution in [3.8, 4) is 0 Å². The molecule has 3 atom stereocenters. The number of hydrogen-bond donors (Lipinski definition) is 1. The van der Waals surface area contributed by atoms with E-state index in [4.69, 9.17) is 8.92 Å². The van der Waals surface area contributed by atoms with Crippen molar-refractivity contribution in [1.29, 1.82) is 0 Å². The summed E-state index contributed by atoms with van der Waals surface area (Å²) in [6, 6.07) is -0.677. The molecule has 20 heavy (non-hydrogen) atoms. The molecule has 6 nitrogen and oxygen atoms in total. The molecule has 0 heterocycles. The van der Waals surface area contributed by atoms with Crippen LogP contribution in [0.4, 0.5) is 9.18 Å². The van der Waals surface area contributed by atoms with Crippen molar-refractivity contribution in [1.82, 2.24) is 5.32 Å². The van der Waals surface area contributed by atoms with E-state index in [1.54, 1.807) is 20.8 Å². The molecule has 1 aliphatic rings. The first-order chi connectivity index (χ1) is 8.96. The number of amides is 1. The number of ether oxygens (including phenoxy) is 1. The smallest absolute Gasteiger partial charge is 0.407 e. The number of carbonyl (C=O) groups excluding carboxylic acids is 1. The summed E-state index contributed by atoms with van der Waals surface area (Å²) in [5, 5.41) is 2.47. The highest BCUT2D eigenvalue weighted by Gasteiger charge is 2.34. The predicted octanol–water partition coefficient (Wildman–Crippen LogP) is 1.75. The van der Waals surface area contributed by atoms with E-state index in [2.05, 4.69) is 5.32 Å². The fraction of sp³-hybridized carbons (Fsp3) is 0.917. The normalized spacial score (nSPS) is 27.9. The van der Waals surface area contributed by atoms with E-state index in [1.165, 1.54) is 0 Å². The van der Waals surface area contributed by atoms with Gasteiger partial charge in [-0.15, -0.1) is 0 Å². The Hall–Kier alpha value is -0.890. The Morgan fingerprint density at radius 2 is 1.90 bits per heavy atom. The standard InChI is InChI=1S/C12H22FNO5S/c1-12(2,3)18-11(15)14-10-6-5-8(7-9(10)13)19-20(4,16)17/h8-10H,5-7H2,1-4H3,(H,14,15)/t8?,9-,10-/m0/s1. The summed E-state index contributed by atoms with van der Waals surface area (Å²) >= 11 is 0. The van der Waals surface area contributed by atoms with Crippen LogP contribution < -0.4 is 5.32 Å². The van der Waals surface area contributed by atoms with Gasteiger partial charge in [0.1, 0.15) is 11.8 Å². The third-order valence-corrected chi connectivity index (χ3v) is 3.36. The molecule has 1 saturated carbocycles. The molecule has 0 aromatic carbocycles. The van der Waals surface area contributed by atoms with E-state index in [0.717, 1.165) is 6.26 Å². The Bertz CT molecular complexity index is 445. The maximum atomic E-state index is 13.9. The van der Waals surface area contributed by atoms with Gasteiger partial charge >= 0.3 is 6.09 Å². The third-order valence-electron chi connectivity index (χ3n) is 2.74. The van der Waals surface area contributed by atoms with Crippen molar-refractivity contribution in [2.45, 2.75) is 64.0 Å². The van der Waals surface area contributed by atoms with Gasteiger partial charge in [0.2, 0.25) is 0 Å². The Morgan fingerprint density at radius 3 is 2.35 bits per heavy atom. The highest BCUT2D eigenvalue weighted by atomic mass is 32.2. The summed E-state index contributed by atoms with van der Waals surface area (Å²) < 4.78 is 45.7. The summed E-state index contributed by atoms with van der Waals surface area (Å²) in [6.45, 7) is 5.16. The van der Waals surface area contributed by atoms with Crippen LogP contribution in [-0.2, 0) is 19.0 Å². The molecule has 0 spiro atoms. The molecule has 0 saturated heterocycles. The van der Waals surface area contributed by atoms with E-state index >= 15 is 0 Å². The molecule has 118 valence electrons. The second kappa shape index (κ2) is 6.26. The monoisotopic (exact) mass is 311 g/mol. The summed E-state index contributed by atoms with van der Waals surface area (Å²) in [7, 11) is -3.59. The van der Waals surface area contributed by atoms with Crippen molar-refractivity contribution in [2.75, 3.05) is 6.26 Å². The molecule has 0 aromatic heterocycles. The second-order valence-corrected chi connectivity index (χ2v) is 7.60. The number of rotatable bonds is 3. The minimum absolute atomic E-state index is 0.0620. The average Bonchev–Trinajstić information content (AvgIpc) is 2.17. The van der Waals surface area contributed by atoms with Crippen molar-refractivity contribution in [3.05, 3.63) is 0 Å². The van der Waals surface area contributed by atoms with Crippen LogP contribution in [0.2, 0.25) is 0 Å². The van der Waals surface area contributed by atoms with E-state index in [1.807, 2.05) is 0 Å². The van der Waals surface area contributed by atoms with Gasteiger partial charge in [-0.3, -0.25) is 4.18 Å². The van der Waals surface area contributed by atoms with Crippen molar-refractivity contribution in [2.24, 2.45) is 0 Å². The Balaban J connectivity index is 2.47. The molecule has 8 heteroatoms. The molecule has 1 fully saturated rings. The molecule has 1 rings (SSSR count). The zero-order valence-corrected chi connectivity index (χ0v) is 13.0. The van der Waals surface area contributed by atoms with Gasteiger partial charge < -0.3 is 10.1 Å². The maximum Gasteiger partial charge on any atom is 0.407 e. The lowest BCUT2D eigenvalue weighted by atomic mass is 9.91. The summed E-state index contributed by atoms with van der Waals surface area (Å²) in [4.78, 5) is 11.6. The van der Waals surface area contributed by atoms with Crippen molar-refractivity contribution < 1.29 is 26.5 Å². The lowest BCUT2D eigenvalue weighted by Gasteiger charge is -2.32. The molecular weight excluding hydrogens is 289 g/mol. The molecule has 0 radical (unpaired) electrons. The van der Waals surface area contributed by atoms with Crippen molar-refractivity contribution >= 4 is 16.2 Å². The summed E-state index contributed by atoms with van der Waals surface area (Å²) in [6.07, 6.45) is -1.15. The number of carbonyl (C=O) groups is 1. The number of alkyl carbamates (subject to hydrolysis) is 1. The first-order valence-corrected chi connectivity index (χ1v) is 8.30. The van der Waals surface area contributed by atoms with E-state index in [0.29, 0.717) is 12.8 Å². The van der Waals surface area contributed by atoms with Gasteiger partial charge in [0.15, 0.2) is 0 Å². The van der Waals surface area contributed by atoms with E-state index in [-0.39, 0.29) is 6.42 Å². The Labute approximate surface area is 119 Å². The number of halogens is 1. The first kappa shape index (κ1) is 17.2. The summed E-state index contributed by atoms with van der Waals surface area (Å²) in [5.74, 6) is 0. The van der Waals surface area contributed by atoms with Gasteiger partial charge in [-0.2, -0.15) is 8.42 Å². The molecule has 0 aliphatic heterocycles. The highest BCUT2D eigenvalue weighted by molar-refractivity contribution is 7.86. The van der Waals surface area contributed by atoms with Crippen molar-refractivity contribution in [3.63, 3.8) is 0 Å². The molecule has 1 N–H and O–H groups in total. The van der Waals surface area contributed by atoms with Crippen LogP contribution >= 0.6 is 0 Å².